The minimum Gasteiger partial charge on any atom is -0.258 e. The second kappa shape index (κ2) is 9.36. The van der Waals surface area contributed by atoms with Gasteiger partial charge in [-0.3, -0.25) is 60.7 Å². The molecule has 0 atom stereocenters. The average Bonchev–Trinajstić information content (AvgIpc) is 2.68. The summed E-state index contributed by atoms with van der Waals surface area (Å²) in [5.41, 5.74) is -2.65. The molecule has 0 amide bonds. The van der Waals surface area contributed by atoms with Gasteiger partial charge in [-0.2, -0.15) is 0 Å². The molecule has 0 fully saturated rings. The Hall–Kier alpha value is -5.16. The molecule has 0 N–H and O–H groups in total. The molecule has 2 rings (SSSR count). The number of hydrogen-bond acceptors (Lipinski definition) is 12. The fourth-order valence-corrected chi connectivity index (χ4v) is 2.07. The molecule has 2 aromatic rings. The maximum Gasteiger partial charge on any atom is 0.728 e. The SMILES string of the molecule is O=[N+]([O-])C(c1ccccc1)([N+](=O)[O-])[N+](=O)[O-].O=[N+]([O-])c1cc([N+](=O)[O-])cc([N+](=O)[O-])c1. The van der Waals surface area contributed by atoms with Gasteiger partial charge in [0.05, 0.1) is 33.0 Å². The molecule has 0 saturated heterocycles. The number of rotatable bonds is 7. The molecule has 162 valence electrons. The Kier molecular flexibility index (Phi) is 7.21. The fraction of sp³-hybridized carbons (Fsp3) is 0.0769. The van der Waals surface area contributed by atoms with E-state index in [1.165, 1.54) is 18.2 Å². The predicted molar refractivity (Wildman–Crippen MR) is 95.5 cm³/mol. The maximum absolute atomic E-state index is 10.6. The van der Waals surface area contributed by atoms with Crippen LogP contribution in [0.5, 0.6) is 0 Å². The lowest BCUT2D eigenvalue weighted by Crippen LogP contribution is -2.50. The summed E-state index contributed by atoms with van der Waals surface area (Å²) in [7, 11) is 0. The van der Waals surface area contributed by atoms with Gasteiger partial charge in [-0.1, -0.05) is 18.2 Å². The van der Waals surface area contributed by atoms with Crippen molar-refractivity contribution in [2.75, 3.05) is 0 Å². The summed E-state index contributed by atoms with van der Waals surface area (Å²) in [6.07, 6.45) is 0. The van der Waals surface area contributed by atoms with Crippen LogP contribution in [0.1, 0.15) is 5.56 Å². The third-order valence-corrected chi connectivity index (χ3v) is 3.44. The normalized spacial score (nSPS) is 10.2. The van der Waals surface area contributed by atoms with Crippen molar-refractivity contribution in [2.45, 2.75) is 5.79 Å². The van der Waals surface area contributed by atoms with Crippen LogP contribution in [-0.4, -0.2) is 29.5 Å². The van der Waals surface area contributed by atoms with Gasteiger partial charge in [0.2, 0.25) is 0 Å². The average molecular weight is 440 g/mol. The zero-order chi connectivity index (χ0) is 23.9. The molecule has 0 radical (unpaired) electrons. The Morgan fingerprint density at radius 3 is 1.03 bits per heavy atom. The van der Waals surface area contributed by atoms with Crippen LogP contribution in [0.4, 0.5) is 17.1 Å². The highest BCUT2D eigenvalue weighted by molar-refractivity contribution is 5.52. The van der Waals surface area contributed by atoms with Gasteiger partial charge in [-0.15, -0.1) is 0 Å². The maximum atomic E-state index is 10.6. The summed E-state index contributed by atoms with van der Waals surface area (Å²) < 4.78 is 0. The largest absolute Gasteiger partial charge is 0.728 e. The van der Waals surface area contributed by atoms with Crippen molar-refractivity contribution in [3.05, 3.63) is 115 Å². The topological polar surface area (TPSA) is 259 Å². The lowest BCUT2D eigenvalue weighted by atomic mass is 10.1. The number of non-ortho nitro benzene ring substituents is 3. The van der Waals surface area contributed by atoms with Crippen LogP contribution < -0.4 is 0 Å². The predicted octanol–water partition coefficient (Wildman–Crippen LogP) is 2.04. The van der Waals surface area contributed by atoms with E-state index in [1.807, 2.05) is 0 Å². The molecule has 31 heavy (non-hydrogen) atoms. The van der Waals surface area contributed by atoms with Crippen LogP contribution in [0.3, 0.4) is 0 Å². The van der Waals surface area contributed by atoms with Gasteiger partial charge in [0.1, 0.15) is 0 Å². The van der Waals surface area contributed by atoms with Crippen molar-refractivity contribution in [3.8, 4) is 0 Å². The first-order valence-electron chi connectivity index (χ1n) is 7.43. The van der Waals surface area contributed by atoms with Gasteiger partial charge >= 0.3 is 5.79 Å². The van der Waals surface area contributed by atoms with Crippen molar-refractivity contribution in [1.29, 1.82) is 0 Å². The highest BCUT2D eigenvalue weighted by atomic mass is 16.7. The summed E-state index contributed by atoms with van der Waals surface area (Å²) in [5.74, 6) is -3.54. The van der Waals surface area contributed by atoms with E-state index in [2.05, 4.69) is 0 Å². The number of nitro groups is 6. The van der Waals surface area contributed by atoms with Crippen LogP contribution in [0, 0.1) is 60.7 Å². The van der Waals surface area contributed by atoms with E-state index in [-0.39, 0.29) is 0 Å². The molecule has 0 aliphatic carbocycles. The van der Waals surface area contributed by atoms with Crippen LogP contribution in [0.25, 0.3) is 0 Å². The van der Waals surface area contributed by atoms with E-state index in [9.17, 15) is 60.7 Å². The lowest BCUT2D eigenvalue weighted by Gasteiger charge is -2.07. The third-order valence-electron chi connectivity index (χ3n) is 3.44. The Bertz CT molecular complexity index is 957. The standard InChI is InChI=1S/C7H5N3O6.C6H3N3O6/c11-8(12)7(9(13)14,10(15)16)6-4-2-1-3-5-6;10-7(11)4-1-5(8(12)13)3-6(2-4)9(14)15/h1-5H;1-3H. The van der Waals surface area contributed by atoms with E-state index in [0.717, 1.165) is 12.1 Å². The third kappa shape index (κ3) is 5.01. The van der Waals surface area contributed by atoms with E-state index >= 15 is 0 Å². The Morgan fingerprint density at radius 1 is 0.516 bits per heavy atom. The monoisotopic (exact) mass is 440 g/mol. The molecule has 0 aliphatic rings. The second-order valence-electron chi connectivity index (χ2n) is 5.25. The van der Waals surface area contributed by atoms with Crippen molar-refractivity contribution in [2.24, 2.45) is 0 Å². The van der Waals surface area contributed by atoms with Crippen molar-refractivity contribution in [3.63, 3.8) is 0 Å². The molecule has 0 bridgehead atoms. The first kappa shape index (κ1) is 23.9. The van der Waals surface area contributed by atoms with Crippen LogP contribution >= 0.6 is 0 Å². The molecule has 2 aromatic carbocycles. The highest BCUT2D eigenvalue weighted by Gasteiger charge is 2.72. The summed E-state index contributed by atoms with van der Waals surface area (Å²) >= 11 is 0. The summed E-state index contributed by atoms with van der Waals surface area (Å²) in [4.78, 5) is 55.4. The summed E-state index contributed by atoms with van der Waals surface area (Å²) in [6, 6.07) is 7.85. The number of nitro benzene ring substituents is 3. The molecular formula is C13H8N6O12. The molecule has 0 aromatic heterocycles. The Labute approximate surface area is 168 Å². The Balaban J connectivity index is 0.000000311. The first-order valence-corrected chi connectivity index (χ1v) is 7.43. The molecule has 0 heterocycles. The number of benzene rings is 2. The molecule has 0 saturated carbocycles. The zero-order valence-corrected chi connectivity index (χ0v) is 14.7. The molecule has 18 heteroatoms. The summed E-state index contributed by atoms with van der Waals surface area (Å²) in [5, 5.41) is 62.8. The molecule has 0 spiro atoms. The quantitative estimate of drug-likeness (QED) is 0.340. The molecule has 18 nitrogen and oxygen atoms in total. The van der Waals surface area contributed by atoms with Gasteiger partial charge in [0.25, 0.3) is 17.1 Å². The lowest BCUT2D eigenvalue weighted by molar-refractivity contribution is -0.986. The van der Waals surface area contributed by atoms with E-state index < -0.39 is 58.0 Å². The minimum atomic E-state index is -3.54. The van der Waals surface area contributed by atoms with Gasteiger partial charge in [0, 0.05) is 0 Å². The van der Waals surface area contributed by atoms with Crippen LogP contribution in [-0.2, 0) is 5.79 Å². The van der Waals surface area contributed by atoms with Crippen molar-refractivity contribution < 1.29 is 29.5 Å². The van der Waals surface area contributed by atoms with Crippen LogP contribution in [0.15, 0.2) is 48.5 Å². The number of nitrogens with zero attached hydrogens (tertiary/aromatic N) is 6. The van der Waals surface area contributed by atoms with Crippen molar-refractivity contribution >= 4 is 17.1 Å². The van der Waals surface area contributed by atoms with Gasteiger partial charge in [-0.25, -0.2) is 0 Å². The van der Waals surface area contributed by atoms with Gasteiger partial charge in [0.15, 0.2) is 20.3 Å². The van der Waals surface area contributed by atoms with Gasteiger partial charge < -0.3 is 0 Å². The Morgan fingerprint density at radius 2 is 0.806 bits per heavy atom. The van der Waals surface area contributed by atoms with Crippen LogP contribution in [0.2, 0.25) is 0 Å². The number of hydrogen-bond donors (Lipinski definition) is 0. The molecule has 0 aliphatic heterocycles. The fourth-order valence-electron chi connectivity index (χ4n) is 2.07. The smallest absolute Gasteiger partial charge is 0.258 e. The summed E-state index contributed by atoms with van der Waals surface area (Å²) in [6.45, 7) is 0. The van der Waals surface area contributed by atoms with E-state index in [4.69, 9.17) is 0 Å². The van der Waals surface area contributed by atoms with Crippen molar-refractivity contribution in [1.82, 2.24) is 0 Å². The molecule has 0 unspecified atom stereocenters. The van der Waals surface area contributed by atoms with Gasteiger partial charge in [-0.05, 0) is 12.1 Å². The minimum absolute atomic E-state index is 0.602. The van der Waals surface area contributed by atoms with E-state index in [1.54, 1.807) is 0 Å². The highest BCUT2D eigenvalue weighted by Crippen LogP contribution is 2.27. The first-order chi connectivity index (χ1) is 14.3. The second-order valence-corrected chi connectivity index (χ2v) is 5.25. The molecular weight excluding hydrogens is 432 g/mol. The zero-order valence-electron chi connectivity index (χ0n) is 14.7. The van der Waals surface area contributed by atoms with E-state index in [0.29, 0.717) is 18.2 Å².